The molecule has 0 saturated carbocycles. The molecule has 1 aromatic carbocycles. The molecule has 0 bridgehead atoms. The fourth-order valence-electron chi connectivity index (χ4n) is 4.29. The van der Waals surface area contributed by atoms with Gasteiger partial charge in [0.05, 0.1) is 24.4 Å². The number of hydrogen-bond donors (Lipinski definition) is 2. The molecule has 3 N–H and O–H groups in total. The Kier molecular flexibility index (Phi) is 5.77. The Bertz CT molecular complexity index is 931. The van der Waals surface area contributed by atoms with E-state index < -0.39 is 23.3 Å². The van der Waals surface area contributed by atoms with Crippen LogP contribution in [0.4, 0.5) is 5.69 Å². The van der Waals surface area contributed by atoms with Crippen LogP contribution in [0.1, 0.15) is 45.6 Å². The average molecular weight is 398 g/mol. The number of carbonyl (C=O) groups excluding carboxylic acids is 3. The van der Waals surface area contributed by atoms with E-state index >= 15 is 0 Å². The lowest BCUT2D eigenvalue weighted by Crippen LogP contribution is -2.48. The Morgan fingerprint density at radius 1 is 1.07 bits per heavy atom. The van der Waals surface area contributed by atoms with Crippen molar-refractivity contribution >= 4 is 23.5 Å². The zero-order valence-electron chi connectivity index (χ0n) is 17.0. The highest BCUT2D eigenvalue weighted by atomic mass is 16.5. The molecule has 1 amide bonds. The molecule has 2 aliphatic rings. The molecule has 29 heavy (non-hydrogen) atoms. The van der Waals surface area contributed by atoms with Crippen molar-refractivity contribution in [3.8, 4) is 0 Å². The van der Waals surface area contributed by atoms with Crippen LogP contribution in [-0.2, 0) is 29.3 Å². The van der Waals surface area contributed by atoms with E-state index in [-0.39, 0.29) is 36.5 Å². The Morgan fingerprint density at radius 2 is 1.69 bits per heavy atom. The van der Waals surface area contributed by atoms with E-state index in [1.54, 1.807) is 38.1 Å². The number of benzene rings is 1. The van der Waals surface area contributed by atoms with Gasteiger partial charge < -0.3 is 20.5 Å². The van der Waals surface area contributed by atoms with Gasteiger partial charge in [-0.15, -0.1) is 0 Å². The minimum Gasteiger partial charge on any atom is -0.463 e. The number of amides is 1. The van der Waals surface area contributed by atoms with Crippen molar-refractivity contribution in [1.29, 1.82) is 0 Å². The highest BCUT2D eigenvalue weighted by molar-refractivity contribution is 6.21. The van der Waals surface area contributed by atoms with Crippen LogP contribution in [0.3, 0.4) is 0 Å². The first-order chi connectivity index (χ1) is 13.9. The predicted molar refractivity (Wildman–Crippen MR) is 108 cm³/mol. The molecule has 0 aromatic heterocycles. The van der Waals surface area contributed by atoms with E-state index in [0.29, 0.717) is 23.2 Å². The topological polar surface area (TPSA) is 108 Å². The fourth-order valence-corrected chi connectivity index (χ4v) is 4.29. The number of esters is 2. The molecule has 1 aliphatic heterocycles. The molecule has 0 fully saturated rings. The minimum atomic E-state index is -1.68. The van der Waals surface area contributed by atoms with Crippen molar-refractivity contribution in [2.45, 2.75) is 45.4 Å². The molecule has 1 atom stereocenters. The third-order valence-corrected chi connectivity index (χ3v) is 5.26. The molecule has 1 spiro atoms. The monoisotopic (exact) mass is 398 g/mol. The van der Waals surface area contributed by atoms with E-state index in [4.69, 9.17) is 15.2 Å². The number of allylic oxidation sites excluding steroid dienone is 1. The Labute approximate surface area is 169 Å². The van der Waals surface area contributed by atoms with Crippen molar-refractivity contribution in [3.63, 3.8) is 0 Å². The normalized spacial score (nSPS) is 20.6. The number of ether oxygens (including phenoxy) is 2. The molecule has 3 rings (SSSR count). The molecule has 1 unspecified atom stereocenters. The van der Waals surface area contributed by atoms with Crippen LogP contribution in [0.2, 0.25) is 0 Å². The highest BCUT2D eigenvalue weighted by Crippen LogP contribution is 2.53. The van der Waals surface area contributed by atoms with Gasteiger partial charge in [0.25, 0.3) is 0 Å². The van der Waals surface area contributed by atoms with E-state index in [9.17, 15) is 14.4 Å². The summed E-state index contributed by atoms with van der Waals surface area (Å²) < 4.78 is 10.6. The van der Waals surface area contributed by atoms with Gasteiger partial charge in [0.1, 0.15) is 5.41 Å². The van der Waals surface area contributed by atoms with Crippen LogP contribution in [-0.4, -0.2) is 31.1 Å². The zero-order valence-corrected chi connectivity index (χ0v) is 17.0. The zero-order chi connectivity index (χ0) is 21.2. The maximum Gasteiger partial charge on any atom is 0.337 e. The summed E-state index contributed by atoms with van der Waals surface area (Å²) in [5.41, 5.74) is 6.86. The van der Waals surface area contributed by atoms with Crippen LogP contribution in [0.15, 0.2) is 46.7 Å². The first kappa shape index (κ1) is 20.6. The minimum absolute atomic E-state index is 0.00436. The Morgan fingerprint density at radius 3 is 2.31 bits per heavy atom. The third-order valence-electron chi connectivity index (χ3n) is 5.26. The number of para-hydroxylation sites is 1. The quantitative estimate of drug-likeness (QED) is 0.714. The molecular weight excluding hydrogens is 372 g/mol. The summed E-state index contributed by atoms with van der Waals surface area (Å²) in [6.45, 7) is 5.63. The number of rotatable bonds is 6. The van der Waals surface area contributed by atoms with Crippen LogP contribution in [0, 0.1) is 0 Å². The number of anilines is 1. The van der Waals surface area contributed by atoms with Gasteiger partial charge in [-0.3, -0.25) is 4.79 Å². The van der Waals surface area contributed by atoms with Crippen molar-refractivity contribution in [1.82, 2.24) is 0 Å². The van der Waals surface area contributed by atoms with E-state index in [1.165, 1.54) is 0 Å². The molecule has 0 radical (unpaired) electrons. The van der Waals surface area contributed by atoms with Crippen LogP contribution < -0.4 is 11.1 Å². The second kappa shape index (κ2) is 8.11. The smallest absolute Gasteiger partial charge is 0.337 e. The number of nitrogens with one attached hydrogen (secondary N) is 1. The van der Waals surface area contributed by atoms with Gasteiger partial charge in [-0.05, 0) is 26.3 Å². The lowest BCUT2D eigenvalue weighted by Gasteiger charge is -2.37. The standard InChI is InChI=1S/C22H26N2O5/c1-4-9-13-12-15(23)18(20(26)29-6-3)22(17(13)19(25)28-5-2)14-10-7-8-11-16(14)24-21(22)27/h7-8,10-11H,4-6,9,12,23H2,1-3H3,(H,24,27). The second-order valence-electron chi connectivity index (χ2n) is 7.00. The third kappa shape index (κ3) is 3.10. The summed E-state index contributed by atoms with van der Waals surface area (Å²) in [6.07, 6.45) is 1.52. The van der Waals surface area contributed by atoms with E-state index in [2.05, 4.69) is 5.32 Å². The summed E-state index contributed by atoms with van der Waals surface area (Å²) in [7, 11) is 0. The van der Waals surface area contributed by atoms with Gasteiger partial charge >= 0.3 is 11.9 Å². The van der Waals surface area contributed by atoms with Crippen LogP contribution in [0.25, 0.3) is 0 Å². The maximum atomic E-state index is 13.5. The van der Waals surface area contributed by atoms with Crippen molar-refractivity contribution in [2.24, 2.45) is 5.73 Å². The Hall–Kier alpha value is -3.09. The lowest BCUT2D eigenvalue weighted by molar-refractivity contribution is -0.142. The van der Waals surface area contributed by atoms with E-state index in [1.807, 2.05) is 6.92 Å². The average Bonchev–Trinajstić information content (AvgIpc) is 2.95. The number of fused-ring (bicyclic) bond motifs is 2. The molecular formula is C22H26N2O5. The summed E-state index contributed by atoms with van der Waals surface area (Å²) in [5.74, 6) is -1.81. The first-order valence-electron chi connectivity index (χ1n) is 9.90. The molecule has 7 heteroatoms. The van der Waals surface area contributed by atoms with Crippen molar-refractivity contribution in [2.75, 3.05) is 18.5 Å². The lowest BCUT2D eigenvalue weighted by atomic mass is 9.63. The molecule has 1 aromatic rings. The van der Waals surface area contributed by atoms with Gasteiger partial charge in [-0.2, -0.15) is 0 Å². The van der Waals surface area contributed by atoms with Crippen LogP contribution in [0.5, 0.6) is 0 Å². The van der Waals surface area contributed by atoms with Gasteiger partial charge in [-0.25, -0.2) is 9.59 Å². The summed E-state index contributed by atoms with van der Waals surface area (Å²) in [4.78, 5) is 39.6. The van der Waals surface area contributed by atoms with Gasteiger partial charge in [0, 0.05) is 23.4 Å². The largest absolute Gasteiger partial charge is 0.463 e. The van der Waals surface area contributed by atoms with Gasteiger partial charge in [0.2, 0.25) is 5.91 Å². The van der Waals surface area contributed by atoms with Crippen molar-refractivity contribution < 1.29 is 23.9 Å². The predicted octanol–water partition coefficient (Wildman–Crippen LogP) is 2.72. The van der Waals surface area contributed by atoms with Gasteiger partial charge in [-0.1, -0.05) is 37.1 Å². The van der Waals surface area contributed by atoms with E-state index in [0.717, 1.165) is 6.42 Å². The number of hydrogen-bond acceptors (Lipinski definition) is 6. The fraction of sp³-hybridized carbons (Fsp3) is 0.409. The summed E-state index contributed by atoms with van der Waals surface area (Å²) in [6, 6.07) is 7.00. The Balaban J connectivity index is 2.39. The number of nitrogens with two attached hydrogens (primary N) is 1. The van der Waals surface area contributed by atoms with Gasteiger partial charge in [0.15, 0.2) is 0 Å². The van der Waals surface area contributed by atoms with Crippen molar-refractivity contribution in [3.05, 3.63) is 52.2 Å². The number of carbonyl (C=O) groups is 3. The maximum absolute atomic E-state index is 13.5. The first-order valence-corrected chi connectivity index (χ1v) is 9.90. The summed E-state index contributed by atoms with van der Waals surface area (Å²) >= 11 is 0. The second-order valence-corrected chi connectivity index (χ2v) is 7.00. The molecule has 1 aliphatic carbocycles. The molecule has 1 heterocycles. The summed E-state index contributed by atoms with van der Waals surface area (Å²) in [5, 5.41) is 2.82. The molecule has 0 saturated heterocycles. The highest BCUT2D eigenvalue weighted by Gasteiger charge is 2.60. The van der Waals surface area contributed by atoms with Crippen LogP contribution >= 0.6 is 0 Å². The molecule has 7 nitrogen and oxygen atoms in total. The SMILES string of the molecule is CCCC1=C(C(=O)OCC)C2(C(=O)Nc3ccccc32)C(C(=O)OCC)=C(N)C1. The molecule has 154 valence electrons.